The van der Waals surface area contributed by atoms with Crippen molar-refractivity contribution in [1.82, 2.24) is 5.32 Å². The molecular formula is C16H31NO. The van der Waals surface area contributed by atoms with Gasteiger partial charge in [-0.1, -0.05) is 13.8 Å². The average molecular weight is 253 g/mol. The summed E-state index contributed by atoms with van der Waals surface area (Å²) >= 11 is 0. The Kier molecular flexibility index (Phi) is 4.38. The van der Waals surface area contributed by atoms with Crippen LogP contribution in [0.4, 0.5) is 0 Å². The summed E-state index contributed by atoms with van der Waals surface area (Å²) in [7, 11) is 0. The third kappa shape index (κ3) is 3.71. The molecule has 0 radical (unpaired) electrons. The number of hydrogen-bond donors (Lipinski definition) is 1. The Morgan fingerprint density at radius 1 is 1.28 bits per heavy atom. The summed E-state index contributed by atoms with van der Waals surface area (Å²) in [5, 5.41) is 3.64. The molecular weight excluding hydrogens is 222 g/mol. The van der Waals surface area contributed by atoms with E-state index in [2.05, 4.69) is 33.0 Å². The highest BCUT2D eigenvalue weighted by Crippen LogP contribution is 2.49. The Labute approximate surface area is 113 Å². The highest BCUT2D eigenvalue weighted by atomic mass is 16.5. The van der Waals surface area contributed by atoms with Gasteiger partial charge in [0.1, 0.15) is 0 Å². The minimum atomic E-state index is 0.117. The molecule has 1 saturated carbocycles. The minimum Gasteiger partial charge on any atom is -0.372 e. The number of nitrogens with one attached hydrogen (secondary N) is 1. The van der Waals surface area contributed by atoms with E-state index in [1.807, 2.05) is 0 Å². The van der Waals surface area contributed by atoms with E-state index in [1.54, 1.807) is 0 Å². The van der Waals surface area contributed by atoms with Crippen molar-refractivity contribution in [3.8, 4) is 0 Å². The molecule has 1 N–H and O–H groups in total. The zero-order chi connectivity index (χ0) is 13.2. The Morgan fingerprint density at radius 3 is 2.50 bits per heavy atom. The lowest BCUT2D eigenvalue weighted by atomic mass is 9.79. The van der Waals surface area contributed by atoms with E-state index in [-0.39, 0.29) is 5.60 Å². The molecule has 1 heterocycles. The monoisotopic (exact) mass is 253 g/mol. The predicted molar refractivity (Wildman–Crippen MR) is 76.8 cm³/mol. The van der Waals surface area contributed by atoms with Gasteiger partial charge >= 0.3 is 0 Å². The normalized spacial score (nSPS) is 30.3. The quantitative estimate of drug-likeness (QED) is 0.698. The van der Waals surface area contributed by atoms with Crippen LogP contribution < -0.4 is 5.32 Å². The zero-order valence-electron chi connectivity index (χ0n) is 12.7. The first-order valence-corrected chi connectivity index (χ1v) is 7.84. The largest absolute Gasteiger partial charge is 0.372 e. The fraction of sp³-hybridized carbons (Fsp3) is 1.00. The van der Waals surface area contributed by atoms with Crippen LogP contribution in [0.2, 0.25) is 0 Å². The summed E-state index contributed by atoms with van der Waals surface area (Å²) in [6, 6.07) is 0. The fourth-order valence-corrected chi connectivity index (χ4v) is 3.46. The molecule has 106 valence electrons. The summed E-state index contributed by atoms with van der Waals surface area (Å²) in [5.41, 5.74) is 0.576. The molecule has 0 aromatic carbocycles. The number of hydrogen-bond acceptors (Lipinski definition) is 2. The predicted octanol–water partition coefficient (Wildman–Crippen LogP) is 3.75. The van der Waals surface area contributed by atoms with Crippen LogP contribution in [-0.4, -0.2) is 24.8 Å². The van der Waals surface area contributed by atoms with Gasteiger partial charge in [0.05, 0.1) is 11.7 Å². The number of rotatable bonds is 7. The first-order chi connectivity index (χ1) is 8.45. The molecule has 0 spiro atoms. The van der Waals surface area contributed by atoms with Crippen molar-refractivity contribution in [3.05, 3.63) is 0 Å². The third-order valence-corrected chi connectivity index (χ3v) is 4.77. The second kappa shape index (κ2) is 5.50. The Morgan fingerprint density at radius 2 is 2.00 bits per heavy atom. The van der Waals surface area contributed by atoms with Gasteiger partial charge in [0.25, 0.3) is 0 Å². The third-order valence-electron chi connectivity index (χ3n) is 4.77. The van der Waals surface area contributed by atoms with Crippen LogP contribution in [0.3, 0.4) is 0 Å². The lowest BCUT2D eigenvalue weighted by Gasteiger charge is -2.33. The molecule has 0 amide bonds. The van der Waals surface area contributed by atoms with E-state index >= 15 is 0 Å². The minimum absolute atomic E-state index is 0.117. The maximum absolute atomic E-state index is 6.20. The standard InChI is InChI=1S/C16H31NO/c1-5-10-17-12-16(4,13-6-7-13)11-14-8-9-15(2,3)18-14/h13-14,17H,5-12H2,1-4H3. The summed E-state index contributed by atoms with van der Waals surface area (Å²) in [6.07, 6.45) is 8.31. The van der Waals surface area contributed by atoms with Gasteiger partial charge in [-0.15, -0.1) is 0 Å². The van der Waals surface area contributed by atoms with Gasteiger partial charge in [-0.3, -0.25) is 0 Å². The molecule has 1 aliphatic heterocycles. The van der Waals surface area contributed by atoms with Crippen LogP contribution in [0.1, 0.15) is 66.2 Å². The van der Waals surface area contributed by atoms with Gasteiger partial charge in [0.2, 0.25) is 0 Å². The molecule has 18 heavy (non-hydrogen) atoms. The van der Waals surface area contributed by atoms with Crippen LogP contribution in [-0.2, 0) is 4.74 Å². The number of ether oxygens (including phenoxy) is 1. The van der Waals surface area contributed by atoms with E-state index in [0.717, 1.165) is 12.5 Å². The Bertz CT molecular complexity index is 272. The topological polar surface area (TPSA) is 21.3 Å². The summed E-state index contributed by atoms with van der Waals surface area (Å²) < 4.78 is 6.20. The van der Waals surface area contributed by atoms with E-state index in [9.17, 15) is 0 Å². The first kappa shape index (κ1) is 14.3. The molecule has 0 aromatic rings. The molecule has 2 aliphatic rings. The highest BCUT2D eigenvalue weighted by molar-refractivity contribution is 4.96. The molecule has 0 aromatic heterocycles. The highest BCUT2D eigenvalue weighted by Gasteiger charge is 2.44. The fourth-order valence-electron chi connectivity index (χ4n) is 3.46. The molecule has 2 nitrogen and oxygen atoms in total. The van der Waals surface area contributed by atoms with Gasteiger partial charge in [0.15, 0.2) is 0 Å². The summed E-state index contributed by atoms with van der Waals surface area (Å²) in [4.78, 5) is 0. The molecule has 0 bridgehead atoms. The summed E-state index contributed by atoms with van der Waals surface area (Å²) in [5.74, 6) is 0.939. The molecule has 1 saturated heterocycles. The van der Waals surface area contributed by atoms with Crippen LogP contribution in [0, 0.1) is 11.3 Å². The molecule has 2 fully saturated rings. The second-order valence-corrected chi connectivity index (χ2v) is 7.35. The van der Waals surface area contributed by atoms with E-state index in [1.165, 1.54) is 45.1 Å². The van der Waals surface area contributed by atoms with Crippen molar-refractivity contribution in [3.63, 3.8) is 0 Å². The second-order valence-electron chi connectivity index (χ2n) is 7.35. The van der Waals surface area contributed by atoms with E-state index in [0.29, 0.717) is 11.5 Å². The maximum atomic E-state index is 6.20. The van der Waals surface area contributed by atoms with Gasteiger partial charge < -0.3 is 10.1 Å². The molecule has 2 atom stereocenters. The molecule has 2 unspecified atom stereocenters. The van der Waals surface area contributed by atoms with Crippen molar-refractivity contribution in [1.29, 1.82) is 0 Å². The Hall–Kier alpha value is -0.0800. The van der Waals surface area contributed by atoms with Gasteiger partial charge in [0, 0.05) is 6.54 Å². The van der Waals surface area contributed by atoms with Crippen molar-refractivity contribution in [2.75, 3.05) is 13.1 Å². The lowest BCUT2D eigenvalue weighted by molar-refractivity contribution is -0.0363. The SMILES string of the molecule is CCCNCC(C)(CC1CCC(C)(C)O1)C1CC1. The Balaban J connectivity index is 1.86. The van der Waals surface area contributed by atoms with Crippen LogP contribution in [0.5, 0.6) is 0 Å². The smallest absolute Gasteiger partial charge is 0.0631 e. The first-order valence-electron chi connectivity index (χ1n) is 7.84. The van der Waals surface area contributed by atoms with Gasteiger partial charge in [-0.25, -0.2) is 0 Å². The molecule has 2 rings (SSSR count). The molecule has 2 heteroatoms. The van der Waals surface area contributed by atoms with Gasteiger partial charge in [-0.2, -0.15) is 0 Å². The summed E-state index contributed by atoms with van der Waals surface area (Å²) in [6.45, 7) is 11.5. The van der Waals surface area contributed by atoms with Crippen molar-refractivity contribution < 1.29 is 4.74 Å². The zero-order valence-corrected chi connectivity index (χ0v) is 12.7. The lowest BCUT2D eigenvalue weighted by Crippen LogP contribution is -2.37. The van der Waals surface area contributed by atoms with Crippen molar-refractivity contribution >= 4 is 0 Å². The van der Waals surface area contributed by atoms with Crippen molar-refractivity contribution in [2.45, 2.75) is 77.9 Å². The molecule has 1 aliphatic carbocycles. The van der Waals surface area contributed by atoms with E-state index < -0.39 is 0 Å². The van der Waals surface area contributed by atoms with E-state index in [4.69, 9.17) is 4.74 Å². The average Bonchev–Trinajstić information content (AvgIpc) is 3.06. The van der Waals surface area contributed by atoms with Crippen LogP contribution >= 0.6 is 0 Å². The van der Waals surface area contributed by atoms with Gasteiger partial charge in [-0.05, 0) is 70.3 Å². The van der Waals surface area contributed by atoms with Crippen LogP contribution in [0.15, 0.2) is 0 Å². The maximum Gasteiger partial charge on any atom is 0.0631 e. The van der Waals surface area contributed by atoms with Crippen molar-refractivity contribution in [2.24, 2.45) is 11.3 Å². The van der Waals surface area contributed by atoms with Crippen LogP contribution in [0.25, 0.3) is 0 Å².